The predicted octanol–water partition coefficient (Wildman–Crippen LogP) is 7.31. The van der Waals surface area contributed by atoms with Gasteiger partial charge >= 0.3 is 0 Å². The van der Waals surface area contributed by atoms with E-state index in [1.807, 2.05) is 6.08 Å². The Morgan fingerprint density at radius 3 is 1.76 bits per heavy atom. The fourth-order valence-electron chi connectivity index (χ4n) is 4.88. The Bertz CT molecular complexity index is 906. The van der Waals surface area contributed by atoms with Crippen molar-refractivity contribution in [1.82, 2.24) is 0 Å². The van der Waals surface area contributed by atoms with Crippen LogP contribution in [-0.2, 0) is 8.85 Å². The van der Waals surface area contributed by atoms with Crippen molar-refractivity contribution in [1.29, 1.82) is 0 Å². The van der Waals surface area contributed by atoms with Crippen LogP contribution in [0.2, 0.25) is 23.2 Å². The zero-order valence-corrected chi connectivity index (χ0v) is 26.9. The first-order valence-electron chi connectivity index (χ1n) is 13.9. The Morgan fingerprint density at radius 2 is 1.35 bits per heavy atom. The van der Waals surface area contributed by atoms with Crippen LogP contribution in [0.25, 0.3) is 0 Å². The molecular formula is C32H52O3Si2. The molecule has 0 heterocycles. The highest BCUT2D eigenvalue weighted by molar-refractivity contribution is 6.99. The third-order valence-electron chi connectivity index (χ3n) is 8.22. The molecule has 0 aromatic heterocycles. The Labute approximate surface area is 229 Å². The van der Waals surface area contributed by atoms with Crippen molar-refractivity contribution < 1.29 is 14.0 Å². The second kappa shape index (κ2) is 13.0. The van der Waals surface area contributed by atoms with Crippen LogP contribution in [-0.4, -0.2) is 40.6 Å². The maximum absolute atomic E-state index is 11.2. The highest BCUT2D eigenvalue weighted by Gasteiger charge is 2.50. The zero-order chi connectivity index (χ0) is 27.9. The summed E-state index contributed by atoms with van der Waals surface area (Å²) in [5, 5.41) is 13.8. The normalized spacial score (nSPS) is 15.7. The number of hydrogen-bond acceptors (Lipinski definition) is 3. The van der Waals surface area contributed by atoms with Crippen molar-refractivity contribution in [3.8, 4) is 0 Å². The van der Waals surface area contributed by atoms with Gasteiger partial charge in [-0.1, -0.05) is 115 Å². The summed E-state index contributed by atoms with van der Waals surface area (Å²) in [4.78, 5) is 0. The van der Waals surface area contributed by atoms with Gasteiger partial charge in [0.1, 0.15) is 0 Å². The van der Waals surface area contributed by atoms with E-state index in [1.165, 1.54) is 10.4 Å². The lowest BCUT2D eigenvalue weighted by molar-refractivity contribution is 0.0224. The van der Waals surface area contributed by atoms with Gasteiger partial charge in [0.15, 0.2) is 8.32 Å². The minimum Gasteiger partial charge on any atom is -0.413 e. The quantitative estimate of drug-likeness (QED) is 0.164. The minimum atomic E-state index is -2.55. The Hall–Kier alpha value is -1.51. The van der Waals surface area contributed by atoms with Crippen molar-refractivity contribution in [3.05, 3.63) is 73.3 Å². The van der Waals surface area contributed by atoms with Crippen molar-refractivity contribution in [2.45, 2.75) is 103 Å². The van der Waals surface area contributed by atoms with Crippen molar-refractivity contribution in [3.63, 3.8) is 0 Å². The summed E-state index contributed by atoms with van der Waals surface area (Å²) in [6.45, 7) is 24.9. The molecule has 0 saturated heterocycles. The summed E-state index contributed by atoms with van der Waals surface area (Å²) in [6.07, 6.45) is 3.70. The Kier molecular flexibility index (Phi) is 11.2. The molecule has 0 spiro atoms. The molecule has 0 bridgehead atoms. The summed E-state index contributed by atoms with van der Waals surface area (Å²) in [6, 6.07) is 21.5. The summed E-state index contributed by atoms with van der Waals surface area (Å²) < 4.78 is 13.7. The molecule has 0 aliphatic carbocycles. The standard InChI is InChI=1S/C32H52O3Si2/c1-11-19-30(35-36(9,10)31(3,4)5)26(2)29(33)24-18-25-34-37(32(6,7)8,27-20-14-12-15-21-27)28-22-16-13-17-23-28/h11-17,20-23,26,29-30,33H,1,18-19,24-25H2,2-10H3/t26-,29+,30+/m1/s1. The van der Waals surface area contributed by atoms with E-state index in [-0.39, 0.29) is 22.1 Å². The van der Waals surface area contributed by atoms with E-state index in [4.69, 9.17) is 8.85 Å². The van der Waals surface area contributed by atoms with Crippen molar-refractivity contribution in [2.24, 2.45) is 5.92 Å². The summed E-state index contributed by atoms with van der Waals surface area (Å²) in [5.74, 6) is 0.0278. The molecule has 0 amide bonds. The number of hydrogen-bond donors (Lipinski definition) is 1. The lowest BCUT2D eigenvalue weighted by Crippen LogP contribution is -2.66. The van der Waals surface area contributed by atoms with Crippen LogP contribution in [0.4, 0.5) is 0 Å². The van der Waals surface area contributed by atoms with Gasteiger partial charge in [-0.3, -0.25) is 0 Å². The second-order valence-electron chi connectivity index (χ2n) is 13.0. The average Bonchev–Trinajstić information content (AvgIpc) is 2.82. The van der Waals surface area contributed by atoms with Crippen LogP contribution in [0, 0.1) is 5.92 Å². The molecule has 37 heavy (non-hydrogen) atoms. The molecular weight excluding hydrogens is 489 g/mol. The first-order chi connectivity index (χ1) is 17.2. The van der Waals surface area contributed by atoms with E-state index in [0.717, 1.165) is 12.8 Å². The third-order valence-corrected chi connectivity index (χ3v) is 17.8. The predicted molar refractivity (Wildman–Crippen MR) is 165 cm³/mol. The van der Waals surface area contributed by atoms with Gasteiger partial charge in [-0.05, 0) is 52.8 Å². The fourth-order valence-corrected chi connectivity index (χ4v) is 10.9. The van der Waals surface area contributed by atoms with Gasteiger partial charge < -0.3 is 14.0 Å². The average molecular weight is 541 g/mol. The molecule has 3 nitrogen and oxygen atoms in total. The highest BCUT2D eigenvalue weighted by Crippen LogP contribution is 2.39. The van der Waals surface area contributed by atoms with Crippen molar-refractivity contribution >= 4 is 27.0 Å². The van der Waals surface area contributed by atoms with E-state index >= 15 is 0 Å². The van der Waals surface area contributed by atoms with Gasteiger partial charge in [0.2, 0.25) is 0 Å². The van der Waals surface area contributed by atoms with E-state index in [9.17, 15) is 5.11 Å². The lowest BCUT2D eigenvalue weighted by Gasteiger charge is -2.43. The minimum absolute atomic E-state index is 0.0222. The monoisotopic (exact) mass is 540 g/mol. The molecule has 0 aliphatic heterocycles. The molecule has 0 radical (unpaired) electrons. The van der Waals surface area contributed by atoms with Gasteiger partial charge in [-0.25, -0.2) is 0 Å². The Morgan fingerprint density at radius 1 is 0.865 bits per heavy atom. The number of aliphatic hydroxyl groups excluding tert-OH is 1. The molecule has 2 aromatic carbocycles. The second-order valence-corrected chi connectivity index (χ2v) is 22.1. The number of aliphatic hydroxyl groups is 1. The Balaban J connectivity index is 2.17. The number of rotatable bonds is 13. The van der Waals surface area contributed by atoms with Crippen LogP contribution in [0.3, 0.4) is 0 Å². The van der Waals surface area contributed by atoms with Crippen molar-refractivity contribution in [2.75, 3.05) is 6.61 Å². The molecule has 0 aliphatic rings. The molecule has 5 heteroatoms. The van der Waals surface area contributed by atoms with Gasteiger partial charge in [-0.15, -0.1) is 6.58 Å². The molecule has 3 atom stereocenters. The molecule has 0 fully saturated rings. The van der Waals surface area contributed by atoms with Crippen LogP contribution in [0.5, 0.6) is 0 Å². The highest BCUT2D eigenvalue weighted by atomic mass is 28.4. The molecule has 0 saturated carbocycles. The van der Waals surface area contributed by atoms with Gasteiger partial charge in [0.25, 0.3) is 8.32 Å². The third kappa shape index (κ3) is 7.76. The molecule has 2 aromatic rings. The van der Waals surface area contributed by atoms with Gasteiger partial charge in [0, 0.05) is 12.5 Å². The maximum Gasteiger partial charge on any atom is 0.261 e. The van der Waals surface area contributed by atoms with E-state index in [0.29, 0.717) is 13.0 Å². The molecule has 206 valence electrons. The van der Waals surface area contributed by atoms with Gasteiger partial charge in [0.05, 0.1) is 12.2 Å². The van der Waals surface area contributed by atoms with Crippen LogP contribution in [0.15, 0.2) is 73.3 Å². The first kappa shape index (κ1) is 31.7. The van der Waals surface area contributed by atoms with Crippen LogP contribution >= 0.6 is 0 Å². The number of benzene rings is 2. The van der Waals surface area contributed by atoms with Crippen LogP contribution in [0.1, 0.15) is 67.7 Å². The summed E-state index contributed by atoms with van der Waals surface area (Å²) in [5.41, 5.74) is 0. The fraction of sp³-hybridized carbons (Fsp3) is 0.562. The molecule has 2 rings (SSSR count). The smallest absolute Gasteiger partial charge is 0.261 e. The molecule has 0 unspecified atom stereocenters. The van der Waals surface area contributed by atoms with E-state index in [2.05, 4.69) is 129 Å². The molecule has 1 N–H and O–H groups in total. The zero-order valence-electron chi connectivity index (χ0n) is 24.9. The summed E-state index contributed by atoms with van der Waals surface area (Å²) in [7, 11) is -4.50. The van der Waals surface area contributed by atoms with Gasteiger partial charge in [-0.2, -0.15) is 0 Å². The topological polar surface area (TPSA) is 38.7 Å². The largest absolute Gasteiger partial charge is 0.413 e. The van der Waals surface area contributed by atoms with E-state index in [1.54, 1.807) is 0 Å². The van der Waals surface area contributed by atoms with Crippen LogP contribution < -0.4 is 10.4 Å². The maximum atomic E-state index is 11.2. The lowest BCUT2D eigenvalue weighted by atomic mass is 9.93. The first-order valence-corrected chi connectivity index (χ1v) is 18.7. The SMILES string of the molecule is C=CC[C@H](O[Si](C)(C)C(C)(C)C)[C@H](C)[C@@H](O)CCCO[Si](c1ccccc1)(c1ccccc1)C(C)(C)C. The van der Waals surface area contributed by atoms with E-state index < -0.39 is 22.7 Å². The summed E-state index contributed by atoms with van der Waals surface area (Å²) >= 11 is 0.